The Bertz CT molecular complexity index is 680. The smallest absolute Gasteiger partial charge is 0.0456 e. The first-order valence-electron chi connectivity index (χ1n) is 6.13. The van der Waals surface area contributed by atoms with Gasteiger partial charge in [-0.3, -0.25) is 0 Å². The largest absolute Gasteiger partial charge is 0.323 e. The molecule has 0 saturated carbocycles. The van der Waals surface area contributed by atoms with Gasteiger partial charge in [0.15, 0.2) is 0 Å². The fraction of sp³-hybridized carbons (Fsp3) is 0.125. The Balaban J connectivity index is 2.10. The minimum atomic E-state index is 1.08. The Morgan fingerprint density at radius 3 is 2.44 bits per heavy atom. The summed E-state index contributed by atoms with van der Waals surface area (Å²) in [5, 5.41) is 0. The molecule has 0 unspecified atom stereocenters. The van der Waals surface area contributed by atoms with Crippen LogP contribution in [0.3, 0.4) is 0 Å². The van der Waals surface area contributed by atoms with Crippen molar-refractivity contribution in [2.75, 3.05) is 0 Å². The molecule has 90 valence electrons. The van der Waals surface area contributed by atoms with Gasteiger partial charge in [0.2, 0.25) is 0 Å². The summed E-state index contributed by atoms with van der Waals surface area (Å²) in [6.45, 7) is 2.19. The van der Waals surface area contributed by atoms with Crippen LogP contribution in [0.2, 0.25) is 0 Å². The number of pyridine rings is 1. The number of rotatable bonds is 2. The molecule has 2 aromatic heterocycles. The summed E-state index contributed by atoms with van der Waals surface area (Å²) < 4.78 is 3.49. The first-order chi connectivity index (χ1) is 8.76. The first-order valence-corrected chi connectivity index (χ1v) is 7.21. The van der Waals surface area contributed by atoms with Crippen molar-refractivity contribution in [1.29, 1.82) is 0 Å². The lowest BCUT2D eigenvalue weighted by molar-refractivity contribution is 1.07. The standard InChI is InChI=1S/C16H14IN/c1-2-12-3-8-16-9-14(11-18(16)10-12)13-4-6-15(17)7-5-13/h3-11H,2H2,1H3. The van der Waals surface area contributed by atoms with E-state index in [0.717, 1.165) is 6.42 Å². The third-order valence-electron chi connectivity index (χ3n) is 3.24. The summed E-state index contributed by atoms with van der Waals surface area (Å²) in [6, 6.07) is 15.3. The molecule has 0 radical (unpaired) electrons. The summed E-state index contributed by atoms with van der Waals surface area (Å²) in [5.41, 5.74) is 5.17. The Morgan fingerprint density at radius 2 is 1.72 bits per heavy atom. The van der Waals surface area contributed by atoms with E-state index in [4.69, 9.17) is 0 Å². The number of fused-ring (bicyclic) bond motifs is 1. The summed E-state index contributed by atoms with van der Waals surface area (Å²) >= 11 is 2.33. The third-order valence-corrected chi connectivity index (χ3v) is 3.96. The van der Waals surface area contributed by atoms with Gasteiger partial charge in [-0.2, -0.15) is 0 Å². The highest BCUT2D eigenvalue weighted by atomic mass is 127. The van der Waals surface area contributed by atoms with Crippen molar-refractivity contribution in [3.8, 4) is 11.1 Å². The van der Waals surface area contributed by atoms with Gasteiger partial charge in [-0.25, -0.2) is 0 Å². The molecule has 0 aliphatic rings. The average Bonchev–Trinajstić information content (AvgIpc) is 2.82. The van der Waals surface area contributed by atoms with Crippen LogP contribution in [0.5, 0.6) is 0 Å². The van der Waals surface area contributed by atoms with E-state index in [2.05, 4.69) is 88.8 Å². The third kappa shape index (κ3) is 2.17. The molecule has 0 atom stereocenters. The van der Waals surface area contributed by atoms with Gasteiger partial charge in [-0.1, -0.05) is 25.1 Å². The Kier molecular flexibility index (Phi) is 3.12. The monoisotopic (exact) mass is 347 g/mol. The van der Waals surface area contributed by atoms with Crippen molar-refractivity contribution >= 4 is 28.1 Å². The van der Waals surface area contributed by atoms with Crippen LogP contribution >= 0.6 is 22.6 Å². The van der Waals surface area contributed by atoms with Crippen LogP contribution in [-0.4, -0.2) is 4.40 Å². The molecule has 0 fully saturated rings. The molecule has 0 spiro atoms. The molecule has 1 nitrogen and oxygen atoms in total. The number of benzene rings is 1. The fourth-order valence-electron chi connectivity index (χ4n) is 2.16. The molecule has 2 heterocycles. The molecule has 1 aromatic carbocycles. The van der Waals surface area contributed by atoms with Crippen molar-refractivity contribution in [2.24, 2.45) is 0 Å². The normalized spacial score (nSPS) is 11.0. The predicted octanol–water partition coefficient (Wildman–Crippen LogP) is 4.77. The van der Waals surface area contributed by atoms with Crippen LogP contribution < -0.4 is 0 Å². The first kappa shape index (κ1) is 11.8. The SMILES string of the molecule is CCc1ccc2cc(-c3ccc(I)cc3)cn2c1. The van der Waals surface area contributed by atoms with Gasteiger partial charge in [0, 0.05) is 27.0 Å². The Labute approximate surface area is 121 Å². The lowest BCUT2D eigenvalue weighted by Gasteiger charge is -1.98. The summed E-state index contributed by atoms with van der Waals surface area (Å²) in [5.74, 6) is 0. The van der Waals surface area contributed by atoms with Crippen molar-refractivity contribution < 1.29 is 0 Å². The van der Waals surface area contributed by atoms with E-state index in [-0.39, 0.29) is 0 Å². The van der Waals surface area contributed by atoms with Crippen LogP contribution in [0, 0.1) is 3.57 Å². The molecule has 0 aliphatic heterocycles. The number of hydrogen-bond acceptors (Lipinski definition) is 0. The summed E-state index contributed by atoms with van der Waals surface area (Å²) in [7, 11) is 0. The minimum Gasteiger partial charge on any atom is -0.323 e. The van der Waals surface area contributed by atoms with E-state index in [1.54, 1.807) is 0 Å². The van der Waals surface area contributed by atoms with Crippen molar-refractivity contribution in [3.63, 3.8) is 0 Å². The minimum absolute atomic E-state index is 1.08. The predicted molar refractivity (Wildman–Crippen MR) is 84.9 cm³/mol. The highest BCUT2D eigenvalue weighted by Crippen LogP contribution is 2.23. The van der Waals surface area contributed by atoms with Crippen molar-refractivity contribution in [1.82, 2.24) is 4.40 Å². The van der Waals surface area contributed by atoms with Gasteiger partial charge in [0.1, 0.15) is 0 Å². The average molecular weight is 347 g/mol. The second kappa shape index (κ2) is 4.76. The molecule has 18 heavy (non-hydrogen) atoms. The van der Waals surface area contributed by atoms with Crippen LogP contribution in [0.4, 0.5) is 0 Å². The molecule has 0 amide bonds. The van der Waals surface area contributed by atoms with E-state index < -0.39 is 0 Å². The van der Waals surface area contributed by atoms with Crippen molar-refractivity contribution in [2.45, 2.75) is 13.3 Å². The fourth-order valence-corrected chi connectivity index (χ4v) is 2.52. The number of nitrogens with zero attached hydrogens (tertiary/aromatic N) is 1. The highest BCUT2D eigenvalue weighted by molar-refractivity contribution is 14.1. The molecule has 0 bridgehead atoms. The number of hydrogen-bond donors (Lipinski definition) is 0. The summed E-state index contributed by atoms with van der Waals surface area (Å²) in [4.78, 5) is 0. The van der Waals surface area contributed by atoms with Crippen LogP contribution in [-0.2, 0) is 6.42 Å². The molecular formula is C16H14IN. The zero-order valence-corrected chi connectivity index (χ0v) is 12.4. The van der Waals surface area contributed by atoms with E-state index in [1.807, 2.05) is 0 Å². The van der Waals surface area contributed by atoms with Crippen LogP contribution in [0.1, 0.15) is 12.5 Å². The maximum absolute atomic E-state index is 2.33. The lowest BCUT2D eigenvalue weighted by Crippen LogP contribution is -1.85. The second-order valence-electron chi connectivity index (χ2n) is 4.46. The van der Waals surface area contributed by atoms with E-state index in [9.17, 15) is 0 Å². The van der Waals surface area contributed by atoms with Gasteiger partial charge in [-0.05, 0) is 64.4 Å². The van der Waals surface area contributed by atoms with Crippen LogP contribution in [0.25, 0.3) is 16.6 Å². The molecule has 0 N–H and O–H groups in total. The maximum Gasteiger partial charge on any atom is 0.0456 e. The Morgan fingerprint density at radius 1 is 0.944 bits per heavy atom. The topological polar surface area (TPSA) is 4.41 Å². The zero-order valence-electron chi connectivity index (χ0n) is 10.2. The highest BCUT2D eigenvalue weighted by Gasteiger charge is 2.02. The van der Waals surface area contributed by atoms with E-state index in [1.165, 1.54) is 25.8 Å². The molecular weight excluding hydrogens is 333 g/mol. The van der Waals surface area contributed by atoms with Gasteiger partial charge >= 0.3 is 0 Å². The second-order valence-corrected chi connectivity index (χ2v) is 5.70. The van der Waals surface area contributed by atoms with Gasteiger partial charge in [0.05, 0.1) is 0 Å². The zero-order chi connectivity index (χ0) is 12.5. The van der Waals surface area contributed by atoms with Gasteiger partial charge in [-0.15, -0.1) is 0 Å². The lowest BCUT2D eigenvalue weighted by atomic mass is 10.1. The number of aryl methyl sites for hydroxylation is 1. The number of aromatic nitrogens is 1. The molecule has 3 aromatic rings. The van der Waals surface area contributed by atoms with Gasteiger partial charge < -0.3 is 4.40 Å². The summed E-state index contributed by atoms with van der Waals surface area (Å²) in [6.07, 6.45) is 5.50. The van der Waals surface area contributed by atoms with Gasteiger partial charge in [0.25, 0.3) is 0 Å². The Hall–Kier alpha value is -1.29. The van der Waals surface area contributed by atoms with Crippen LogP contribution in [0.15, 0.2) is 54.9 Å². The van der Waals surface area contributed by atoms with E-state index in [0.29, 0.717) is 0 Å². The maximum atomic E-state index is 2.33. The molecule has 0 saturated heterocycles. The molecule has 2 heteroatoms. The van der Waals surface area contributed by atoms with E-state index >= 15 is 0 Å². The molecule has 0 aliphatic carbocycles. The quantitative estimate of drug-likeness (QED) is 0.588. The van der Waals surface area contributed by atoms with Crippen molar-refractivity contribution in [3.05, 3.63) is 64.0 Å². The molecule has 3 rings (SSSR count). The number of halogens is 1.